The number of rotatable bonds is 7. The first-order valence-corrected chi connectivity index (χ1v) is 8.81. The van der Waals surface area contributed by atoms with E-state index in [1.165, 1.54) is 0 Å². The summed E-state index contributed by atoms with van der Waals surface area (Å²) < 4.78 is 5.50. The molecule has 138 valence electrons. The summed E-state index contributed by atoms with van der Waals surface area (Å²) in [6.45, 7) is 4.48. The zero-order chi connectivity index (χ0) is 19.1. The van der Waals surface area contributed by atoms with Crippen LogP contribution in [0.25, 0.3) is 11.3 Å². The molecule has 0 aliphatic rings. The van der Waals surface area contributed by atoms with Gasteiger partial charge in [-0.1, -0.05) is 37.3 Å². The number of aromatic nitrogens is 2. The molecule has 2 N–H and O–H groups in total. The summed E-state index contributed by atoms with van der Waals surface area (Å²) in [5.74, 6) is 1.98. The summed E-state index contributed by atoms with van der Waals surface area (Å²) in [4.78, 5) is 8.80. The highest BCUT2D eigenvalue weighted by molar-refractivity contribution is 5.84. The maximum Gasteiger partial charge on any atom is 0.150 e. The highest BCUT2D eigenvalue weighted by Gasteiger charge is 2.04. The Morgan fingerprint density at radius 2 is 1.93 bits per heavy atom. The molecule has 0 saturated carbocycles. The molecule has 0 aliphatic heterocycles. The van der Waals surface area contributed by atoms with Gasteiger partial charge in [0.25, 0.3) is 0 Å². The maximum absolute atomic E-state index is 10.1. The van der Waals surface area contributed by atoms with E-state index >= 15 is 0 Å². The molecule has 0 spiro atoms. The standard InChI is InChI=1S/C21H22N4O2/c1-3-11-27-18-10-9-17(20(26)12-18)14-22-25-21-13-19(23-15(2)24-21)16-7-5-4-6-8-16/h4-10,12-14,26H,3,11H2,1-2H3,(H,23,24,25)/b22-14-. The summed E-state index contributed by atoms with van der Waals surface area (Å²) in [6.07, 6.45) is 2.45. The molecule has 6 nitrogen and oxygen atoms in total. The molecular weight excluding hydrogens is 340 g/mol. The van der Waals surface area contributed by atoms with Crippen LogP contribution in [-0.2, 0) is 0 Å². The molecule has 6 heteroatoms. The van der Waals surface area contributed by atoms with Crippen molar-refractivity contribution in [3.8, 4) is 22.8 Å². The second kappa shape index (κ2) is 8.80. The van der Waals surface area contributed by atoms with E-state index in [0.717, 1.165) is 17.7 Å². The van der Waals surface area contributed by atoms with Gasteiger partial charge in [0.15, 0.2) is 0 Å². The number of hydrazone groups is 1. The molecule has 0 bridgehead atoms. The predicted molar refractivity (Wildman–Crippen MR) is 107 cm³/mol. The van der Waals surface area contributed by atoms with Gasteiger partial charge in [0.2, 0.25) is 0 Å². The lowest BCUT2D eigenvalue weighted by atomic mass is 10.1. The molecular formula is C21H22N4O2. The lowest BCUT2D eigenvalue weighted by Crippen LogP contribution is -1.99. The summed E-state index contributed by atoms with van der Waals surface area (Å²) in [5.41, 5.74) is 5.31. The molecule has 0 aliphatic carbocycles. The number of hydrogen-bond acceptors (Lipinski definition) is 6. The molecule has 1 aromatic heterocycles. The lowest BCUT2D eigenvalue weighted by Gasteiger charge is -2.07. The topological polar surface area (TPSA) is 79.6 Å². The second-order valence-corrected chi connectivity index (χ2v) is 5.99. The minimum absolute atomic E-state index is 0.109. The van der Waals surface area contributed by atoms with Gasteiger partial charge >= 0.3 is 0 Å². The normalized spacial score (nSPS) is 10.9. The molecule has 0 saturated heterocycles. The Labute approximate surface area is 158 Å². The fraction of sp³-hybridized carbons (Fsp3) is 0.190. The Morgan fingerprint density at radius 1 is 1.11 bits per heavy atom. The number of aromatic hydroxyl groups is 1. The Bertz CT molecular complexity index is 927. The van der Waals surface area contributed by atoms with Crippen molar-refractivity contribution in [3.05, 3.63) is 66.0 Å². The number of aryl methyl sites for hydroxylation is 1. The molecule has 0 fully saturated rings. The first kappa shape index (κ1) is 18.4. The zero-order valence-electron chi connectivity index (χ0n) is 15.4. The smallest absolute Gasteiger partial charge is 0.150 e. The predicted octanol–water partition coefficient (Wildman–Crippen LogP) is 4.39. The van der Waals surface area contributed by atoms with Crippen molar-refractivity contribution >= 4 is 12.0 Å². The van der Waals surface area contributed by atoms with Crippen molar-refractivity contribution in [1.82, 2.24) is 9.97 Å². The Kier molecular flexibility index (Phi) is 5.99. The summed E-state index contributed by atoms with van der Waals surface area (Å²) in [6, 6.07) is 16.9. The summed E-state index contributed by atoms with van der Waals surface area (Å²) >= 11 is 0. The third kappa shape index (κ3) is 5.04. The maximum atomic E-state index is 10.1. The van der Waals surface area contributed by atoms with Crippen LogP contribution in [0.4, 0.5) is 5.82 Å². The average Bonchev–Trinajstić information content (AvgIpc) is 2.68. The Hall–Kier alpha value is -3.41. The molecule has 2 aromatic carbocycles. The van der Waals surface area contributed by atoms with E-state index in [2.05, 4.69) is 20.5 Å². The monoisotopic (exact) mass is 362 g/mol. The first-order chi connectivity index (χ1) is 13.2. The molecule has 0 unspecified atom stereocenters. The molecule has 3 aromatic rings. The van der Waals surface area contributed by atoms with Crippen LogP contribution < -0.4 is 10.2 Å². The van der Waals surface area contributed by atoms with Crippen LogP contribution in [0.3, 0.4) is 0 Å². The van der Waals surface area contributed by atoms with Gasteiger partial charge in [0.05, 0.1) is 18.5 Å². The van der Waals surface area contributed by atoms with Crippen molar-refractivity contribution in [1.29, 1.82) is 0 Å². The quantitative estimate of drug-likeness (QED) is 0.481. The van der Waals surface area contributed by atoms with Crippen molar-refractivity contribution in [2.24, 2.45) is 5.10 Å². The van der Waals surface area contributed by atoms with E-state index in [9.17, 15) is 5.11 Å². The van der Waals surface area contributed by atoms with Crippen LogP contribution in [0, 0.1) is 6.92 Å². The van der Waals surface area contributed by atoms with Gasteiger partial charge in [-0.2, -0.15) is 5.10 Å². The van der Waals surface area contributed by atoms with Crippen molar-refractivity contribution < 1.29 is 9.84 Å². The first-order valence-electron chi connectivity index (χ1n) is 8.81. The van der Waals surface area contributed by atoms with Crippen molar-refractivity contribution in [2.75, 3.05) is 12.0 Å². The number of anilines is 1. The number of phenolic OH excluding ortho intramolecular Hbond substituents is 1. The average molecular weight is 362 g/mol. The van der Waals surface area contributed by atoms with Crippen LogP contribution in [0.1, 0.15) is 24.7 Å². The highest BCUT2D eigenvalue weighted by atomic mass is 16.5. The van der Waals surface area contributed by atoms with Gasteiger partial charge in [-0.15, -0.1) is 0 Å². The number of hydrogen-bond donors (Lipinski definition) is 2. The minimum Gasteiger partial charge on any atom is -0.507 e. The summed E-state index contributed by atoms with van der Waals surface area (Å²) in [7, 11) is 0. The van der Waals surface area contributed by atoms with Crippen molar-refractivity contribution in [3.63, 3.8) is 0 Å². The largest absolute Gasteiger partial charge is 0.507 e. The van der Waals surface area contributed by atoms with Gasteiger partial charge in [0, 0.05) is 23.3 Å². The van der Waals surface area contributed by atoms with E-state index in [0.29, 0.717) is 29.6 Å². The second-order valence-electron chi connectivity index (χ2n) is 5.99. The molecule has 0 radical (unpaired) electrons. The lowest BCUT2D eigenvalue weighted by molar-refractivity contribution is 0.315. The molecule has 0 amide bonds. The molecule has 1 heterocycles. The number of ether oxygens (including phenoxy) is 1. The van der Waals surface area contributed by atoms with Gasteiger partial charge in [-0.25, -0.2) is 9.97 Å². The van der Waals surface area contributed by atoms with E-state index in [1.54, 1.807) is 24.4 Å². The molecule has 27 heavy (non-hydrogen) atoms. The van der Waals surface area contributed by atoms with Gasteiger partial charge in [-0.05, 0) is 25.5 Å². The van der Waals surface area contributed by atoms with Crippen molar-refractivity contribution in [2.45, 2.75) is 20.3 Å². The van der Waals surface area contributed by atoms with E-state index in [-0.39, 0.29) is 5.75 Å². The number of nitrogens with zero attached hydrogens (tertiary/aromatic N) is 3. The molecule has 0 atom stereocenters. The van der Waals surface area contributed by atoms with Crippen LogP contribution in [0.2, 0.25) is 0 Å². The number of benzene rings is 2. The van der Waals surface area contributed by atoms with Gasteiger partial charge in [-0.3, -0.25) is 5.43 Å². The van der Waals surface area contributed by atoms with Crippen LogP contribution in [-0.4, -0.2) is 27.9 Å². The third-order valence-electron chi connectivity index (χ3n) is 3.76. The van der Waals surface area contributed by atoms with Gasteiger partial charge in [0.1, 0.15) is 23.1 Å². The van der Waals surface area contributed by atoms with E-state index in [1.807, 2.05) is 50.2 Å². The van der Waals surface area contributed by atoms with Crippen LogP contribution in [0.15, 0.2) is 59.7 Å². The fourth-order valence-electron chi connectivity index (χ4n) is 2.49. The third-order valence-corrected chi connectivity index (χ3v) is 3.76. The fourth-order valence-corrected chi connectivity index (χ4v) is 2.49. The Morgan fingerprint density at radius 3 is 2.67 bits per heavy atom. The minimum atomic E-state index is 0.109. The molecule has 3 rings (SSSR count). The highest BCUT2D eigenvalue weighted by Crippen LogP contribution is 2.23. The summed E-state index contributed by atoms with van der Waals surface area (Å²) in [5, 5.41) is 14.3. The zero-order valence-corrected chi connectivity index (χ0v) is 15.4. The Balaban J connectivity index is 1.72. The number of nitrogens with one attached hydrogen (secondary N) is 1. The number of phenols is 1. The van der Waals surface area contributed by atoms with Crippen LogP contribution >= 0.6 is 0 Å². The SMILES string of the molecule is CCCOc1ccc(/C=N\Nc2cc(-c3ccccc3)nc(C)n2)c(O)c1. The van der Waals surface area contributed by atoms with Crippen LogP contribution in [0.5, 0.6) is 11.5 Å². The van der Waals surface area contributed by atoms with E-state index < -0.39 is 0 Å². The van der Waals surface area contributed by atoms with Gasteiger partial charge < -0.3 is 9.84 Å². The van der Waals surface area contributed by atoms with E-state index in [4.69, 9.17) is 4.74 Å².